The van der Waals surface area contributed by atoms with Crippen LogP contribution in [0.25, 0.3) is 0 Å². The molecule has 0 amide bonds. The predicted molar refractivity (Wildman–Crippen MR) is 52.8 cm³/mol. The normalized spacial score (nSPS) is 24.9. The Bertz CT molecular complexity index is 398. The summed E-state index contributed by atoms with van der Waals surface area (Å²) in [6.45, 7) is 0. The van der Waals surface area contributed by atoms with E-state index in [1.54, 1.807) is 0 Å². The van der Waals surface area contributed by atoms with Gasteiger partial charge < -0.3 is 14.6 Å². The Labute approximate surface area is 91.5 Å². The molecule has 0 aliphatic heterocycles. The van der Waals surface area contributed by atoms with Gasteiger partial charge in [-0.15, -0.1) is 0 Å². The Kier molecular flexibility index (Phi) is 2.48. The van der Waals surface area contributed by atoms with E-state index >= 15 is 0 Å². The number of aryl methyl sites for hydroxylation is 1. The number of carboxylic acid groups (broad SMARTS) is 1. The zero-order valence-electron chi connectivity index (χ0n) is 7.99. The summed E-state index contributed by atoms with van der Waals surface area (Å²) in [6.07, 6.45) is 1.53. The molecule has 0 radical (unpaired) electrons. The van der Waals surface area contributed by atoms with E-state index in [4.69, 9.17) is 21.1 Å². The predicted octanol–water partition coefficient (Wildman–Crippen LogP) is 1.93. The van der Waals surface area contributed by atoms with E-state index in [9.17, 15) is 9.90 Å². The number of carboxylic acids is 1. The van der Waals surface area contributed by atoms with E-state index in [1.165, 1.54) is 6.07 Å². The third-order valence-corrected chi connectivity index (χ3v) is 2.90. The number of aliphatic hydroxyl groups is 1. The summed E-state index contributed by atoms with van der Waals surface area (Å²) in [5.41, 5.74) is -0.795. The summed E-state index contributed by atoms with van der Waals surface area (Å²) in [4.78, 5) is 10.7. The van der Waals surface area contributed by atoms with Gasteiger partial charge in [0.2, 0.25) is 0 Å². The smallest absolute Gasteiger partial charge is 0.306 e. The highest BCUT2D eigenvalue weighted by atomic mass is 35.5. The average Bonchev–Trinajstić information content (AvgIpc) is 2.45. The Morgan fingerprint density at radius 2 is 2.40 bits per heavy atom. The summed E-state index contributed by atoms with van der Waals surface area (Å²) >= 11 is 5.69. The summed E-state index contributed by atoms with van der Waals surface area (Å²) in [5.74, 6) is -0.419. The van der Waals surface area contributed by atoms with Crippen molar-refractivity contribution in [1.82, 2.24) is 0 Å². The van der Waals surface area contributed by atoms with Gasteiger partial charge in [-0.3, -0.25) is 4.79 Å². The van der Waals surface area contributed by atoms with Crippen molar-refractivity contribution >= 4 is 17.6 Å². The first-order chi connectivity index (χ1) is 7.01. The van der Waals surface area contributed by atoms with Crippen molar-refractivity contribution < 1.29 is 19.4 Å². The van der Waals surface area contributed by atoms with E-state index in [0.717, 1.165) is 0 Å². The molecule has 5 heteroatoms. The molecule has 1 aliphatic carbocycles. The molecular formula is C10H11ClO4. The number of furan rings is 1. The molecule has 1 aromatic rings. The van der Waals surface area contributed by atoms with Crippen LogP contribution in [0.1, 0.15) is 30.6 Å². The number of aliphatic carboxylic acids is 1. The zero-order chi connectivity index (χ0) is 11.1. The molecule has 0 spiro atoms. The minimum Gasteiger partial charge on any atom is -0.481 e. The molecule has 0 fully saturated rings. The van der Waals surface area contributed by atoms with Gasteiger partial charge in [0.15, 0.2) is 5.22 Å². The van der Waals surface area contributed by atoms with E-state index in [0.29, 0.717) is 30.6 Å². The second kappa shape index (κ2) is 3.54. The van der Waals surface area contributed by atoms with Gasteiger partial charge in [0.05, 0.1) is 6.42 Å². The highest BCUT2D eigenvalue weighted by Crippen LogP contribution is 2.40. The standard InChI is InChI=1S/C10H11ClO4/c11-8-4-6-7(15-8)2-1-3-10(6,14)5-9(12)13/h4,14H,1-3,5H2,(H,12,13). The minimum atomic E-state index is -1.32. The summed E-state index contributed by atoms with van der Waals surface area (Å²) in [5, 5.41) is 19.1. The zero-order valence-corrected chi connectivity index (χ0v) is 8.75. The fourth-order valence-corrected chi connectivity index (χ4v) is 2.29. The molecule has 1 atom stereocenters. The summed E-state index contributed by atoms with van der Waals surface area (Å²) in [6, 6.07) is 1.51. The van der Waals surface area contributed by atoms with Crippen molar-refractivity contribution in [3.63, 3.8) is 0 Å². The average molecular weight is 231 g/mol. The first-order valence-electron chi connectivity index (χ1n) is 4.74. The van der Waals surface area contributed by atoms with E-state index in [2.05, 4.69) is 0 Å². The highest BCUT2D eigenvalue weighted by molar-refractivity contribution is 6.29. The molecule has 0 aromatic carbocycles. The molecule has 1 aliphatic rings. The number of hydrogen-bond acceptors (Lipinski definition) is 3. The van der Waals surface area contributed by atoms with Crippen LogP contribution in [-0.4, -0.2) is 16.2 Å². The van der Waals surface area contributed by atoms with Gasteiger partial charge in [-0.1, -0.05) is 0 Å². The van der Waals surface area contributed by atoms with E-state index in [1.807, 2.05) is 0 Å². The van der Waals surface area contributed by atoms with E-state index in [-0.39, 0.29) is 11.6 Å². The number of hydrogen-bond donors (Lipinski definition) is 2. The number of halogens is 1. The molecule has 0 saturated carbocycles. The molecule has 4 nitrogen and oxygen atoms in total. The van der Waals surface area contributed by atoms with Crippen LogP contribution >= 0.6 is 11.6 Å². The maximum atomic E-state index is 10.7. The van der Waals surface area contributed by atoms with Crippen LogP contribution in [0.5, 0.6) is 0 Å². The molecule has 1 aromatic heterocycles. The van der Waals surface area contributed by atoms with Crippen molar-refractivity contribution in [3.8, 4) is 0 Å². The van der Waals surface area contributed by atoms with Crippen molar-refractivity contribution in [2.75, 3.05) is 0 Å². The Morgan fingerprint density at radius 3 is 3.07 bits per heavy atom. The van der Waals surface area contributed by atoms with Crippen LogP contribution < -0.4 is 0 Å². The van der Waals surface area contributed by atoms with Gasteiger partial charge >= 0.3 is 5.97 Å². The Hall–Kier alpha value is -1.00. The lowest BCUT2D eigenvalue weighted by atomic mass is 9.81. The van der Waals surface area contributed by atoms with E-state index < -0.39 is 11.6 Å². The molecule has 2 N–H and O–H groups in total. The van der Waals surface area contributed by atoms with Crippen LogP contribution in [0.3, 0.4) is 0 Å². The van der Waals surface area contributed by atoms with Crippen molar-refractivity contribution in [2.24, 2.45) is 0 Å². The SMILES string of the molecule is O=C(O)CC1(O)CCCc2oc(Cl)cc21. The van der Waals surface area contributed by atoms with Crippen LogP contribution in [0.15, 0.2) is 10.5 Å². The lowest BCUT2D eigenvalue weighted by molar-refractivity contribution is -0.143. The van der Waals surface area contributed by atoms with Crippen molar-refractivity contribution in [3.05, 3.63) is 22.6 Å². The minimum absolute atomic E-state index is 0.200. The Balaban J connectivity index is 2.39. The third kappa shape index (κ3) is 1.87. The van der Waals surface area contributed by atoms with Crippen LogP contribution in [0, 0.1) is 0 Å². The summed E-state index contributed by atoms with van der Waals surface area (Å²) < 4.78 is 5.20. The van der Waals surface area contributed by atoms with Gasteiger partial charge in [-0.2, -0.15) is 0 Å². The molecule has 2 rings (SSSR count). The number of fused-ring (bicyclic) bond motifs is 1. The largest absolute Gasteiger partial charge is 0.481 e. The second-order valence-electron chi connectivity index (χ2n) is 3.84. The third-order valence-electron chi connectivity index (χ3n) is 2.72. The van der Waals surface area contributed by atoms with Gasteiger partial charge in [-0.25, -0.2) is 0 Å². The van der Waals surface area contributed by atoms with Crippen molar-refractivity contribution in [2.45, 2.75) is 31.3 Å². The molecular weight excluding hydrogens is 220 g/mol. The molecule has 15 heavy (non-hydrogen) atoms. The molecule has 0 saturated heterocycles. The lowest BCUT2D eigenvalue weighted by Gasteiger charge is -2.29. The molecule has 0 bridgehead atoms. The van der Waals surface area contributed by atoms with Crippen LogP contribution in [0.2, 0.25) is 5.22 Å². The quantitative estimate of drug-likeness (QED) is 0.815. The van der Waals surface area contributed by atoms with Crippen LogP contribution in [0.4, 0.5) is 0 Å². The van der Waals surface area contributed by atoms with Gasteiger partial charge in [0.25, 0.3) is 0 Å². The molecule has 1 heterocycles. The summed E-state index contributed by atoms with van der Waals surface area (Å²) in [7, 11) is 0. The first-order valence-corrected chi connectivity index (χ1v) is 5.12. The number of rotatable bonds is 2. The molecule has 82 valence electrons. The molecule has 1 unspecified atom stereocenters. The lowest BCUT2D eigenvalue weighted by Crippen LogP contribution is -2.32. The van der Waals surface area contributed by atoms with Gasteiger partial charge in [0.1, 0.15) is 11.4 Å². The topological polar surface area (TPSA) is 70.7 Å². The number of carbonyl (C=O) groups is 1. The highest BCUT2D eigenvalue weighted by Gasteiger charge is 2.38. The maximum absolute atomic E-state index is 10.7. The van der Waals surface area contributed by atoms with Crippen molar-refractivity contribution in [1.29, 1.82) is 0 Å². The van der Waals surface area contributed by atoms with Gasteiger partial charge in [-0.05, 0) is 24.4 Å². The maximum Gasteiger partial charge on any atom is 0.306 e. The Morgan fingerprint density at radius 1 is 1.67 bits per heavy atom. The van der Waals surface area contributed by atoms with Gasteiger partial charge in [0, 0.05) is 18.1 Å². The van der Waals surface area contributed by atoms with Crippen LogP contribution in [-0.2, 0) is 16.8 Å². The fraction of sp³-hybridized carbons (Fsp3) is 0.500. The first kappa shape index (κ1) is 10.5. The fourth-order valence-electron chi connectivity index (χ4n) is 2.09. The monoisotopic (exact) mass is 230 g/mol. The second-order valence-corrected chi connectivity index (χ2v) is 4.22.